The summed E-state index contributed by atoms with van der Waals surface area (Å²) in [6, 6.07) is 10.4. The summed E-state index contributed by atoms with van der Waals surface area (Å²) in [5, 5.41) is 4.05. The molecule has 0 amide bonds. The van der Waals surface area contributed by atoms with Crippen molar-refractivity contribution in [2.24, 2.45) is 0 Å². The molecule has 0 aliphatic heterocycles. The maximum Gasteiger partial charge on any atom is 0.280 e. The van der Waals surface area contributed by atoms with Gasteiger partial charge >= 0.3 is 0 Å². The number of alkyl halides is 2. The summed E-state index contributed by atoms with van der Waals surface area (Å²) in [6.07, 6.45) is 2.45. The molecule has 0 unspecified atom stereocenters. The average Bonchev–Trinajstić information content (AvgIpc) is 3.35. The predicted molar refractivity (Wildman–Crippen MR) is 99.3 cm³/mol. The van der Waals surface area contributed by atoms with Crippen molar-refractivity contribution in [2.45, 2.75) is 26.2 Å². The number of hydrogen-bond acceptors (Lipinski definition) is 4. The molecule has 4 aromatic rings. The monoisotopic (exact) mass is 381 g/mol. The maximum absolute atomic E-state index is 13.6. The van der Waals surface area contributed by atoms with Crippen LogP contribution in [0.15, 0.2) is 55.0 Å². The van der Waals surface area contributed by atoms with Crippen molar-refractivity contribution < 1.29 is 13.6 Å². The van der Waals surface area contributed by atoms with E-state index in [2.05, 4.69) is 15.1 Å². The Morgan fingerprint density at radius 1 is 1.21 bits per heavy atom. The van der Waals surface area contributed by atoms with E-state index in [0.717, 1.165) is 4.52 Å². The standard InChI is InChI=1S/C20H17F2N5O/c1-2-17-23-8-9-26(17)18(28)10-14-12-24-27-16(19(21)22)11-15(25-20(14)27)13-6-4-3-5-7-13/h3-9,11-12,19H,2,10H2,1H3. The fourth-order valence-corrected chi connectivity index (χ4v) is 3.14. The summed E-state index contributed by atoms with van der Waals surface area (Å²) < 4.78 is 29.8. The van der Waals surface area contributed by atoms with E-state index >= 15 is 0 Å². The minimum absolute atomic E-state index is 0.0131. The zero-order valence-electron chi connectivity index (χ0n) is 15.1. The molecule has 0 bridgehead atoms. The molecule has 6 nitrogen and oxygen atoms in total. The fourth-order valence-electron chi connectivity index (χ4n) is 3.14. The van der Waals surface area contributed by atoms with Crippen LogP contribution >= 0.6 is 0 Å². The molecule has 142 valence electrons. The van der Waals surface area contributed by atoms with Crippen LogP contribution < -0.4 is 0 Å². The molecule has 28 heavy (non-hydrogen) atoms. The van der Waals surface area contributed by atoms with Gasteiger partial charge in [0.05, 0.1) is 18.3 Å². The van der Waals surface area contributed by atoms with Gasteiger partial charge in [-0.1, -0.05) is 37.3 Å². The lowest BCUT2D eigenvalue weighted by molar-refractivity contribution is 0.0911. The van der Waals surface area contributed by atoms with Gasteiger partial charge in [0.1, 0.15) is 11.5 Å². The van der Waals surface area contributed by atoms with E-state index < -0.39 is 6.43 Å². The molecule has 3 aromatic heterocycles. The number of hydrogen-bond donors (Lipinski definition) is 0. The van der Waals surface area contributed by atoms with Gasteiger partial charge in [0.25, 0.3) is 6.43 Å². The molecule has 0 saturated heterocycles. The number of halogens is 2. The summed E-state index contributed by atoms with van der Waals surface area (Å²) in [6.45, 7) is 1.91. The average molecular weight is 381 g/mol. The highest BCUT2D eigenvalue weighted by molar-refractivity contribution is 5.83. The molecule has 8 heteroatoms. The van der Waals surface area contributed by atoms with Crippen LogP contribution in [-0.4, -0.2) is 30.1 Å². The number of carbonyl (C=O) groups excluding carboxylic acids is 1. The number of nitrogens with zero attached hydrogens (tertiary/aromatic N) is 5. The van der Waals surface area contributed by atoms with Crippen LogP contribution in [0.4, 0.5) is 8.78 Å². The van der Waals surface area contributed by atoms with Gasteiger partial charge < -0.3 is 0 Å². The number of rotatable bonds is 5. The van der Waals surface area contributed by atoms with E-state index in [-0.39, 0.29) is 23.7 Å². The van der Waals surface area contributed by atoms with Crippen molar-refractivity contribution in [3.8, 4) is 11.3 Å². The summed E-state index contributed by atoms with van der Waals surface area (Å²) in [4.78, 5) is 21.3. The van der Waals surface area contributed by atoms with Crippen LogP contribution in [0.5, 0.6) is 0 Å². The zero-order chi connectivity index (χ0) is 19.7. The van der Waals surface area contributed by atoms with Crippen LogP contribution in [0, 0.1) is 0 Å². The summed E-state index contributed by atoms with van der Waals surface area (Å²) in [5.41, 5.74) is 1.60. The first-order valence-electron chi connectivity index (χ1n) is 8.85. The van der Waals surface area contributed by atoms with Gasteiger partial charge in [-0.3, -0.25) is 9.36 Å². The van der Waals surface area contributed by atoms with Crippen LogP contribution in [0.25, 0.3) is 16.9 Å². The molecule has 3 heterocycles. The van der Waals surface area contributed by atoms with E-state index in [1.165, 1.54) is 16.8 Å². The third-order valence-electron chi connectivity index (χ3n) is 4.51. The van der Waals surface area contributed by atoms with Crippen molar-refractivity contribution in [1.29, 1.82) is 0 Å². The number of aromatic nitrogens is 5. The molecular formula is C20H17F2N5O. The van der Waals surface area contributed by atoms with E-state index in [4.69, 9.17) is 0 Å². The highest BCUT2D eigenvalue weighted by Crippen LogP contribution is 2.27. The van der Waals surface area contributed by atoms with Crippen LogP contribution in [0.3, 0.4) is 0 Å². The van der Waals surface area contributed by atoms with E-state index in [1.807, 2.05) is 25.1 Å². The van der Waals surface area contributed by atoms with Gasteiger partial charge in [0.2, 0.25) is 5.91 Å². The Bertz CT molecular complexity index is 1130. The number of aryl methyl sites for hydroxylation is 1. The number of benzene rings is 1. The minimum atomic E-state index is -2.73. The molecule has 0 aliphatic rings. The molecule has 0 N–H and O–H groups in total. The quantitative estimate of drug-likeness (QED) is 0.525. The van der Waals surface area contributed by atoms with Gasteiger partial charge in [-0.15, -0.1) is 0 Å². The molecular weight excluding hydrogens is 364 g/mol. The maximum atomic E-state index is 13.6. The van der Waals surface area contributed by atoms with E-state index in [1.54, 1.807) is 24.5 Å². The first kappa shape index (κ1) is 18.0. The van der Waals surface area contributed by atoms with Crippen LogP contribution in [-0.2, 0) is 12.8 Å². The second-order valence-corrected chi connectivity index (χ2v) is 6.28. The minimum Gasteiger partial charge on any atom is -0.274 e. The van der Waals surface area contributed by atoms with Crippen molar-refractivity contribution in [3.63, 3.8) is 0 Å². The van der Waals surface area contributed by atoms with Crippen molar-refractivity contribution in [1.82, 2.24) is 24.1 Å². The first-order valence-corrected chi connectivity index (χ1v) is 8.85. The van der Waals surface area contributed by atoms with Crippen molar-refractivity contribution in [2.75, 3.05) is 0 Å². The summed E-state index contributed by atoms with van der Waals surface area (Å²) in [7, 11) is 0. The van der Waals surface area contributed by atoms with Crippen LogP contribution in [0.2, 0.25) is 0 Å². The Hall–Kier alpha value is -3.42. The van der Waals surface area contributed by atoms with Gasteiger partial charge in [0, 0.05) is 29.9 Å². The second-order valence-electron chi connectivity index (χ2n) is 6.28. The topological polar surface area (TPSA) is 65.1 Å². The summed E-state index contributed by atoms with van der Waals surface area (Å²) in [5.74, 6) is 0.433. The SMILES string of the molecule is CCc1nccn1C(=O)Cc1cnn2c(C(F)F)cc(-c3ccccc3)nc12. The summed E-state index contributed by atoms with van der Waals surface area (Å²) >= 11 is 0. The number of fused-ring (bicyclic) bond motifs is 1. The van der Waals surface area contributed by atoms with E-state index in [0.29, 0.717) is 29.1 Å². The Labute approximate surface area is 159 Å². The Morgan fingerprint density at radius 2 is 2.00 bits per heavy atom. The van der Waals surface area contributed by atoms with Crippen molar-refractivity contribution >= 4 is 11.6 Å². The van der Waals surface area contributed by atoms with Crippen LogP contribution in [0.1, 0.15) is 35.2 Å². The third kappa shape index (κ3) is 3.17. The lowest BCUT2D eigenvalue weighted by atomic mass is 10.1. The lowest BCUT2D eigenvalue weighted by Crippen LogP contribution is -2.15. The normalized spacial score (nSPS) is 11.4. The van der Waals surface area contributed by atoms with Gasteiger partial charge in [-0.2, -0.15) is 5.10 Å². The molecule has 0 aliphatic carbocycles. The molecule has 0 spiro atoms. The first-order chi connectivity index (χ1) is 13.6. The molecule has 0 saturated carbocycles. The molecule has 0 radical (unpaired) electrons. The van der Waals surface area contributed by atoms with Gasteiger partial charge in [-0.25, -0.2) is 23.3 Å². The number of carbonyl (C=O) groups is 1. The highest BCUT2D eigenvalue weighted by atomic mass is 19.3. The molecule has 0 atom stereocenters. The molecule has 0 fully saturated rings. The largest absolute Gasteiger partial charge is 0.280 e. The van der Waals surface area contributed by atoms with E-state index in [9.17, 15) is 13.6 Å². The highest BCUT2D eigenvalue weighted by Gasteiger charge is 2.20. The fraction of sp³-hybridized carbons (Fsp3) is 0.200. The Kier molecular flexibility index (Phi) is 4.68. The van der Waals surface area contributed by atoms with Crippen molar-refractivity contribution in [3.05, 3.63) is 72.1 Å². The molecule has 1 aromatic carbocycles. The molecule has 4 rings (SSSR count). The number of imidazole rings is 1. The lowest BCUT2D eigenvalue weighted by Gasteiger charge is -2.09. The second kappa shape index (κ2) is 7.30. The Balaban J connectivity index is 1.79. The Morgan fingerprint density at radius 3 is 2.71 bits per heavy atom. The zero-order valence-corrected chi connectivity index (χ0v) is 15.1. The predicted octanol–water partition coefficient (Wildman–Crippen LogP) is 3.98. The van der Waals surface area contributed by atoms with Gasteiger partial charge in [0.15, 0.2) is 5.65 Å². The third-order valence-corrected chi connectivity index (χ3v) is 4.51. The smallest absolute Gasteiger partial charge is 0.274 e. The van der Waals surface area contributed by atoms with Gasteiger partial charge in [-0.05, 0) is 6.07 Å².